The number of aliphatic hydroxyl groups excluding tert-OH is 1. The maximum absolute atomic E-state index is 12.7. The Morgan fingerprint density at radius 1 is 1.47 bits per heavy atom. The molecule has 19 heavy (non-hydrogen) atoms. The van der Waals surface area contributed by atoms with E-state index in [1.165, 1.54) is 12.1 Å². The first-order chi connectivity index (χ1) is 8.69. The van der Waals surface area contributed by atoms with Crippen molar-refractivity contribution in [2.75, 3.05) is 0 Å². The highest BCUT2D eigenvalue weighted by Gasteiger charge is 2.23. The molecular formula is C13H19FN2O3. The van der Waals surface area contributed by atoms with Crippen molar-refractivity contribution >= 4 is 6.09 Å². The second-order valence-corrected chi connectivity index (χ2v) is 5.28. The zero-order valence-corrected chi connectivity index (χ0v) is 11.5. The van der Waals surface area contributed by atoms with E-state index in [2.05, 4.69) is 10.3 Å². The molecule has 1 rings (SSSR count). The molecule has 0 aliphatic carbocycles. The van der Waals surface area contributed by atoms with Crippen LogP contribution < -0.4 is 5.32 Å². The lowest BCUT2D eigenvalue weighted by Crippen LogP contribution is -2.40. The van der Waals surface area contributed by atoms with Crippen molar-refractivity contribution in [2.45, 2.75) is 45.4 Å². The van der Waals surface area contributed by atoms with Gasteiger partial charge in [0, 0.05) is 0 Å². The minimum atomic E-state index is -1.03. The molecule has 0 fully saturated rings. The van der Waals surface area contributed by atoms with Crippen molar-refractivity contribution in [1.82, 2.24) is 10.3 Å². The lowest BCUT2D eigenvalue weighted by molar-refractivity contribution is 0.0432. The molecule has 5 nitrogen and oxygen atoms in total. The molecule has 1 heterocycles. The molecule has 106 valence electrons. The third kappa shape index (κ3) is 5.21. The quantitative estimate of drug-likeness (QED) is 0.883. The normalized spacial score (nSPS) is 14.6. The Bertz CT molecular complexity index is 429. The van der Waals surface area contributed by atoms with Gasteiger partial charge < -0.3 is 15.2 Å². The molecule has 0 saturated heterocycles. The SMILES string of the molecule is CC(NC(=O)OC(C)(C)C)C(O)c1ccc(F)cn1. The monoisotopic (exact) mass is 270 g/mol. The number of nitrogens with zero attached hydrogens (tertiary/aromatic N) is 1. The Morgan fingerprint density at radius 3 is 2.58 bits per heavy atom. The van der Waals surface area contributed by atoms with E-state index in [0.717, 1.165) is 6.20 Å². The summed E-state index contributed by atoms with van der Waals surface area (Å²) in [4.78, 5) is 15.3. The fourth-order valence-electron chi connectivity index (χ4n) is 1.39. The third-order valence-corrected chi connectivity index (χ3v) is 2.27. The molecule has 1 aromatic rings. The molecule has 0 aliphatic heterocycles. The summed E-state index contributed by atoms with van der Waals surface area (Å²) >= 11 is 0. The van der Waals surface area contributed by atoms with E-state index in [-0.39, 0.29) is 5.69 Å². The van der Waals surface area contributed by atoms with Gasteiger partial charge in [-0.05, 0) is 39.8 Å². The topological polar surface area (TPSA) is 71.5 Å². The highest BCUT2D eigenvalue weighted by atomic mass is 19.1. The molecule has 0 bridgehead atoms. The van der Waals surface area contributed by atoms with Crippen LogP contribution in [0.1, 0.15) is 39.5 Å². The van der Waals surface area contributed by atoms with Gasteiger partial charge in [0.15, 0.2) is 0 Å². The standard InChI is InChI=1S/C13H19FN2O3/c1-8(16-12(18)19-13(2,3)4)11(17)10-6-5-9(14)7-15-10/h5-8,11,17H,1-4H3,(H,16,18). The summed E-state index contributed by atoms with van der Waals surface area (Å²) in [5.74, 6) is -0.483. The number of ether oxygens (including phenoxy) is 1. The molecule has 6 heteroatoms. The van der Waals surface area contributed by atoms with Gasteiger partial charge in [0.1, 0.15) is 17.5 Å². The van der Waals surface area contributed by atoms with Gasteiger partial charge in [-0.2, -0.15) is 0 Å². The number of nitrogens with one attached hydrogen (secondary N) is 1. The maximum atomic E-state index is 12.7. The molecule has 1 amide bonds. The van der Waals surface area contributed by atoms with Gasteiger partial charge in [-0.1, -0.05) is 0 Å². The summed E-state index contributed by atoms with van der Waals surface area (Å²) in [5.41, 5.74) is -0.326. The van der Waals surface area contributed by atoms with E-state index < -0.39 is 29.7 Å². The highest BCUT2D eigenvalue weighted by molar-refractivity contribution is 5.68. The fourth-order valence-corrected chi connectivity index (χ4v) is 1.39. The van der Waals surface area contributed by atoms with Crippen LogP contribution in [-0.2, 0) is 4.74 Å². The number of alkyl carbamates (subject to hydrolysis) is 1. The van der Waals surface area contributed by atoms with Gasteiger partial charge in [0.25, 0.3) is 0 Å². The zero-order chi connectivity index (χ0) is 14.6. The number of halogens is 1. The molecule has 0 aromatic carbocycles. The summed E-state index contributed by atoms with van der Waals surface area (Å²) in [7, 11) is 0. The minimum absolute atomic E-state index is 0.282. The second kappa shape index (κ2) is 5.97. The number of amides is 1. The van der Waals surface area contributed by atoms with Crippen molar-refractivity contribution < 1.29 is 19.0 Å². The number of carbonyl (C=O) groups excluding carboxylic acids is 1. The van der Waals surface area contributed by atoms with Crippen LogP contribution >= 0.6 is 0 Å². The zero-order valence-electron chi connectivity index (χ0n) is 11.5. The maximum Gasteiger partial charge on any atom is 0.407 e. The summed E-state index contributed by atoms with van der Waals surface area (Å²) in [6.07, 6.45) is -0.645. The van der Waals surface area contributed by atoms with E-state index >= 15 is 0 Å². The predicted octanol–water partition coefficient (Wildman–Crippen LogP) is 2.17. The third-order valence-electron chi connectivity index (χ3n) is 2.27. The van der Waals surface area contributed by atoms with Crippen LogP contribution in [0.5, 0.6) is 0 Å². The average molecular weight is 270 g/mol. The van der Waals surface area contributed by atoms with Gasteiger partial charge in [0.2, 0.25) is 0 Å². The Labute approximate surface area is 111 Å². The smallest absolute Gasteiger partial charge is 0.407 e. The number of aromatic nitrogens is 1. The minimum Gasteiger partial charge on any atom is -0.444 e. The predicted molar refractivity (Wildman–Crippen MR) is 68.0 cm³/mol. The Hall–Kier alpha value is -1.69. The van der Waals surface area contributed by atoms with Crippen LogP contribution in [-0.4, -0.2) is 27.8 Å². The van der Waals surface area contributed by atoms with Crippen LogP contribution in [0.2, 0.25) is 0 Å². The van der Waals surface area contributed by atoms with Gasteiger partial charge in [-0.25, -0.2) is 9.18 Å². The van der Waals surface area contributed by atoms with Gasteiger partial charge in [-0.15, -0.1) is 0 Å². The molecule has 0 spiro atoms. The number of hydrogen-bond donors (Lipinski definition) is 2. The molecule has 2 atom stereocenters. The Balaban J connectivity index is 2.60. The Kier molecular flexibility index (Phi) is 4.83. The average Bonchev–Trinajstić information content (AvgIpc) is 2.26. The van der Waals surface area contributed by atoms with Crippen molar-refractivity contribution in [1.29, 1.82) is 0 Å². The number of carbonyl (C=O) groups is 1. The second-order valence-electron chi connectivity index (χ2n) is 5.28. The highest BCUT2D eigenvalue weighted by Crippen LogP contribution is 2.15. The van der Waals surface area contributed by atoms with E-state index in [4.69, 9.17) is 4.74 Å². The van der Waals surface area contributed by atoms with Crippen molar-refractivity contribution in [2.24, 2.45) is 0 Å². The first kappa shape index (κ1) is 15.4. The summed E-state index contributed by atoms with van der Waals surface area (Å²) in [5, 5.41) is 12.5. The van der Waals surface area contributed by atoms with Crippen LogP contribution in [0, 0.1) is 5.82 Å². The summed E-state index contributed by atoms with van der Waals surface area (Å²) < 4.78 is 17.8. The molecule has 0 aliphatic rings. The first-order valence-corrected chi connectivity index (χ1v) is 5.98. The number of hydrogen-bond acceptors (Lipinski definition) is 4. The van der Waals surface area contributed by atoms with Gasteiger partial charge in [0.05, 0.1) is 17.9 Å². The van der Waals surface area contributed by atoms with E-state index in [1.54, 1.807) is 27.7 Å². The fraction of sp³-hybridized carbons (Fsp3) is 0.538. The van der Waals surface area contributed by atoms with Crippen molar-refractivity contribution in [3.05, 3.63) is 29.8 Å². The molecule has 0 saturated carbocycles. The Morgan fingerprint density at radius 2 is 2.11 bits per heavy atom. The number of rotatable bonds is 3. The van der Waals surface area contributed by atoms with Crippen LogP contribution in [0.15, 0.2) is 18.3 Å². The van der Waals surface area contributed by atoms with E-state index in [9.17, 15) is 14.3 Å². The molecular weight excluding hydrogens is 251 g/mol. The first-order valence-electron chi connectivity index (χ1n) is 5.98. The van der Waals surface area contributed by atoms with Crippen molar-refractivity contribution in [3.8, 4) is 0 Å². The van der Waals surface area contributed by atoms with Crippen LogP contribution in [0.25, 0.3) is 0 Å². The molecule has 1 aromatic heterocycles. The lowest BCUT2D eigenvalue weighted by Gasteiger charge is -2.24. The van der Waals surface area contributed by atoms with E-state index in [0.29, 0.717) is 0 Å². The van der Waals surface area contributed by atoms with E-state index in [1.807, 2.05) is 0 Å². The lowest BCUT2D eigenvalue weighted by atomic mass is 10.1. The molecule has 2 N–H and O–H groups in total. The largest absolute Gasteiger partial charge is 0.444 e. The summed E-state index contributed by atoms with van der Waals surface area (Å²) in [6.45, 7) is 6.85. The van der Waals surface area contributed by atoms with Crippen LogP contribution in [0.3, 0.4) is 0 Å². The molecule has 2 unspecified atom stereocenters. The van der Waals surface area contributed by atoms with Crippen molar-refractivity contribution in [3.63, 3.8) is 0 Å². The number of aliphatic hydroxyl groups is 1. The van der Waals surface area contributed by atoms with Gasteiger partial charge >= 0.3 is 6.09 Å². The molecule has 0 radical (unpaired) electrons. The number of pyridine rings is 1. The van der Waals surface area contributed by atoms with Gasteiger partial charge in [-0.3, -0.25) is 4.98 Å². The van der Waals surface area contributed by atoms with Crippen LogP contribution in [0.4, 0.5) is 9.18 Å². The summed E-state index contributed by atoms with van der Waals surface area (Å²) in [6, 6.07) is 1.96.